The molecule has 1 amide bonds. The molecule has 3 atom stereocenters. The molecule has 4 rings (SSSR count). The second kappa shape index (κ2) is 9.51. The van der Waals surface area contributed by atoms with Gasteiger partial charge >= 0.3 is 6.09 Å². The number of ether oxygens (including phenoxy) is 1. The molecule has 2 aliphatic rings. The summed E-state index contributed by atoms with van der Waals surface area (Å²) in [5, 5.41) is 38.8. The molecule has 2 aromatic carbocycles. The summed E-state index contributed by atoms with van der Waals surface area (Å²) in [6.45, 7) is 0.522. The van der Waals surface area contributed by atoms with E-state index >= 15 is 0 Å². The van der Waals surface area contributed by atoms with Crippen molar-refractivity contribution in [1.82, 2.24) is 4.90 Å². The van der Waals surface area contributed by atoms with Crippen molar-refractivity contribution in [2.75, 3.05) is 13.1 Å². The van der Waals surface area contributed by atoms with Gasteiger partial charge in [-0.25, -0.2) is 4.79 Å². The van der Waals surface area contributed by atoms with Crippen molar-refractivity contribution in [2.45, 2.75) is 12.5 Å². The molecule has 1 aliphatic heterocycles. The number of nitrogens with one attached hydrogen (secondary N) is 1. The fraction of sp³-hybridized carbons (Fsp3) is 0.269. The normalized spacial score (nSPS) is 22.9. The first-order valence-corrected chi connectivity index (χ1v) is 11.5. The Hall–Kier alpha value is -3.93. The lowest BCUT2D eigenvalue weighted by Crippen LogP contribution is -2.53. The van der Waals surface area contributed by atoms with Crippen LogP contribution >= 0.6 is 15.9 Å². The molecule has 0 bridgehead atoms. The third-order valence-electron chi connectivity index (χ3n) is 6.46. The minimum absolute atomic E-state index is 0.123. The molecule has 0 saturated heterocycles. The van der Waals surface area contributed by atoms with E-state index < -0.39 is 29.3 Å². The molecule has 1 aliphatic carbocycles. The van der Waals surface area contributed by atoms with Crippen LogP contribution in [-0.2, 0) is 11.3 Å². The fourth-order valence-corrected chi connectivity index (χ4v) is 5.26. The molecule has 1 unspecified atom stereocenters. The van der Waals surface area contributed by atoms with Crippen molar-refractivity contribution in [1.29, 1.82) is 21.2 Å². The van der Waals surface area contributed by atoms with Gasteiger partial charge in [-0.05, 0) is 28.8 Å². The Morgan fingerprint density at radius 1 is 1.15 bits per heavy atom. The Kier molecular flexibility index (Phi) is 6.50. The average molecular weight is 514 g/mol. The van der Waals surface area contributed by atoms with Gasteiger partial charge < -0.3 is 15.0 Å². The van der Waals surface area contributed by atoms with E-state index in [1.165, 1.54) is 4.90 Å². The van der Waals surface area contributed by atoms with E-state index in [1.54, 1.807) is 12.1 Å². The molecule has 1 N–H and O–H groups in total. The molecule has 2 aromatic rings. The highest BCUT2D eigenvalue weighted by molar-refractivity contribution is 9.10. The zero-order chi connectivity index (χ0) is 24.3. The SMILES string of the molecule is N#CC1C(=N)C(C#N)(C#N)[C@H](c2cccc(Br)c2)[C@H]2CN(C(=O)OCc3ccccc3)CC=C12. The van der Waals surface area contributed by atoms with Crippen LogP contribution in [0, 0.1) is 56.7 Å². The van der Waals surface area contributed by atoms with Crippen molar-refractivity contribution in [3.05, 3.63) is 81.8 Å². The highest BCUT2D eigenvalue weighted by atomic mass is 79.9. The average Bonchev–Trinajstić information content (AvgIpc) is 2.87. The number of carbonyl (C=O) groups excluding carboxylic acids is 1. The van der Waals surface area contributed by atoms with Gasteiger partial charge in [0.25, 0.3) is 0 Å². The number of hydrogen-bond donors (Lipinski definition) is 1. The summed E-state index contributed by atoms with van der Waals surface area (Å²) in [5.74, 6) is -2.21. The number of nitrogens with zero attached hydrogens (tertiary/aromatic N) is 4. The first-order chi connectivity index (χ1) is 16.4. The zero-order valence-corrected chi connectivity index (χ0v) is 19.7. The van der Waals surface area contributed by atoms with Crippen LogP contribution in [0.5, 0.6) is 0 Å². The second-order valence-electron chi connectivity index (χ2n) is 8.30. The van der Waals surface area contributed by atoms with E-state index in [2.05, 4.69) is 34.1 Å². The maximum Gasteiger partial charge on any atom is 0.410 e. The molecule has 1 heterocycles. The summed E-state index contributed by atoms with van der Waals surface area (Å²) in [4.78, 5) is 14.4. The van der Waals surface area contributed by atoms with Crippen molar-refractivity contribution in [3.63, 3.8) is 0 Å². The largest absolute Gasteiger partial charge is 0.445 e. The quantitative estimate of drug-likeness (QED) is 0.582. The molecule has 7 nitrogen and oxygen atoms in total. The highest BCUT2D eigenvalue weighted by Crippen LogP contribution is 2.53. The van der Waals surface area contributed by atoms with Gasteiger partial charge in [-0.1, -0.05) is 64.5 Å². The number of carbonyl (C=O) groups is 1. The summed E-state index contributed by atoms with van der Waals surface area (Å²) in [6.07, 6.45) is 1.25. The van der Waals surface area contributed by atoms with Crippen LogP contribution in [0.25, 0.3) is 0 Å². The third kappa shape index (κ3) is 3.96. The highest BCUT2D eigenvalue weighted by Gasteiger charge is 2.58. The Balaban J connectivity index is 1.71. The number of amides is 1. The molecule has 1 fully saturated rings. The van der Waals surface area contributed by atoms with Crippen molar-refractivity contribution in [2.24, 2.45) is 17.3 Å². The van der Waals surface area contributed by atoms with Crippen LogP contribution in [0.3, 0.4) is 0 Å². The first kappa shape index (κ1) is 23.2. The molecular weight excluding hydrogens is 494 g/mol. The predicted molar refractivity (Wildman–Crippen MR) is 127 cm³/mol. The summed E-state index contributed by atoms with van der Waals surface area (Å²) < 4.78 is 6.27. The first-order valence-electron chi connectivity index (χ1n) is 10.7. The molecule has 0 radical (unpaired) electrons. The van der Waals surface area contributed by atoms with E-state index in [1.807, 2.05) is 48.5 Å². The van der Waals surface area contributed by atoms with Crippen LogP contribution < -0.4 is 0 Å². The van der Waals surface area contributed by atoms with Gasteiger partial charge in [-0.15, -0.1) is 0 Å². The summed E-state index contributed by atoms with van der Waals surface area (Å²) in [7, 11) is 0. The minimum Gasteiger partial charge on any atom is -0.445 e. The topological polar surface area (TPSA) is 125 Å². The predicted octanol–water partition coefficient (Wildman–Crippen LogP) is 4.93. The van der Waals surface area contributed by atoms with Gasteiger partial charge in [0.05, 0.1) is 23.9 Å². The van der Waals surface area contributed by atoms with Crippen LogP contribution in [0.15, 0.2) is 70.7 Å². The minimum atomic E-state index is -1.83. The molecule has 1 saturated carbocycles. The standard InChI is InChI=1S/C26H20BrN5O2/c27-19-8-4-7-18(11-19)23-22-13-32(25(33)34-14-17-5-2-1-3-6-17)10-9-20(22)21(12-28)24(31)26(23,15-29)16-30/h1-9,11,21-23,31H,10,13-14H2/t21?,22-,23+/m0/s1. The zero-order valence-electron chi connectivity index (χ0n) is 18.1. The van der Waals surface area contributed by atoms with Crippen molar-refractivity contribution in [3.8, 4) is 18.2 Å². The fourth-order valence-electron chi connectivity index (χ4n) is 4.84. The number of benzene rings is 2. The molecule has 34 heavy (non-hydrogen) atoms. The van der Waals surface area contributed by atoms with Crippen LogP contribution in [0.2, 0.25) is 0 Å². The Labute approximate surface area is 206 Å². The summed E-state index contributed by atoms with van der Waals surface area (Å²) in [6, 6.07) is 22.8. The van der Waals surface area contributed by atoms with E-state index in [-0.39, 0.29) is 25.4 Å². The molecule has 8 heteroatoms. The van der Waals surface area contributed by atoms with Gasteiger partial charge in [0.2, 0.25) is 0 Å². The van der Waals surface area contributed by atoms with Gasteiger partial charge in [-0.2, -0.15) is 15.8 Å². The van der Waals surface area contributed by atoms with Gasteiger partial charge in [0.1, 0.15) is 12.5 Å². The molecule has 168 valence electrons. The van der Waals surface area contributed by atoms with Crippen molar-refractivity contribution >= 4 is 27.7 Å². The monoisotopic (exact) mass is 513 g/mol. The maximum atomic E-state index is 12.9. The lowest BCUT2D eigenvalue weighted by atomic mass is 9.54. The summed E-state index contributed by atoms with van der Waals surface area (Å²) in [5.41, 5.74) is 0.173. The number of fused-ring (bicyclic) bond motifs is 1. The van der Waals surface area contributed by atoms with Crippen LogP contribution in [-0.4, -0.2) is 29.8 Å². The summed E-state index contributed by atoms with van der Waals surface area (Å²) >= 11 is 3.45. The Bertz CT molecular complexity index is 1270. The van der Waals surface area contributed by atoms with Gasteiger partial charge in [0.15, 0.2) is 5.41 Å². The van der Waals surface area contributed by atoms with Crippen LogP contribution in [0.4, 0.5) is 4.79 Å². The Morgan fingerprint density at radius 3 is 2.53 bits per heavy atom. The maximum absolute atomic E-state index is 12.9. The molecule has 0 spiro atoms. The van der Waals surface area contributed by atoms with E-state index in [9.17, 15) is 20.6 Å². The second-order valence-corrected chi connectivity index (χ2v) is 9.21. The number of halogens is 1. The Morgan fingerprint density at radius 2 is 1.88 bits per heavy atom. The lowest BCUT2D eigenvalue weighted by molar-refractivity contribution is 0.0892. The number of hydrogen-bond acceptors (Lipinski definition) is 6. The van der Waals surface area contributed by atoms with E-state index in [4.69, 9.17) is 10.1 Å². The van der Waals surface area contributed by atoms with E-state index in [0.717, 1.165) is 10.0 Å². The van der Waals surface area contributed by atoms with Crippen LogP contribution in [0.1, 0.15) is 17.0 Å². The lowest BCUT2D eigenvalue weighted by Gasteiger charge is -2.47. The van der Waals surface area contributed by atoms with Gasteiger partial charge in [0, 0.05) is 29.4 Å². The van der Waals surface area contributed by atoms with Gasteiger partial charge in [-0.3, -0.25) is 0 Å². The molecular formula is C26H20BrN5O2. The number of nitriles is 3. The molecule has 0 aromatic heterocycles. The number of rotatable bonds is 3. The van der Waals surface area contributed by atoms with Crippen molar-refractivity contribution < 1.29 is 9.53 Å². The third-order valence-corrected chi connectivity index (χ3v) is 6.95. The smallest absolute Gasteiger partial charge is 0.410 e. The van der Waals surface area contributed by atoms with E-state index in [0.29, 0.717) is 11.1 Å².